The van der Waals surface area contributed by atoms with Gasteiger partial charge in [-0.15, -0.1) is 0 Å². The molecule has 5 rings (SSSR count). The van der Waals surface area contributed by atoms with Crippen molar-refractivity contribution in [1.29, 1.82) is 0 Å². The smallest absolute Gasteiger partial charge is 0.414 e. The molecule has 9 heteroatoms. The van der Waals surface area contributed by atoms with Gasteiger partial charge in [0.2, 0.25) is 0 Å². The quantitative estimate of drug-likeness (QED) is 0.549. The Hall–Kier alpha value is -3.46. The highest BCUT2D eigenvalue weighted by atomic mass is 19.1. The Kier molecular flexibility index (Phi) is 6.42. The molecule has 0 saturated carbocycles. The average Bonchev–Trinajstić information content (AvgIpc) is 3.35. The predicted octanol–water partition coefficient (Wildman–Crippen LogP) is 5.26. The molecular weight excluding hydrogens is 454 g/mol. The van der Waals surface area contributed by atoms with E-state index < -0.39 is 12.3 Å². The van der Waals surface area contributed by atoms with Gasteiger partial charge in [0.1, 0.15) is 23.5 Å². The summed E-state index contributed by atoms with van der Waals surface area (Å²) >= 11 is 0. The minimum atomic E-state index is -1.02. The molecule has 1 N–H and O–H groups in total. The van der Waals surface area contributed by atoms with E-state index in [1.807, 2.05) is 25.3 Å². The lowest BCUT2D eigenvalue weighted by atomic mass is 9.92. The van der Waals surface area contributed by atoms with Crippen LogP contribution in [0.15, 0.2) is 48.8 Å². The van der Waals surface area contributed by atoms with E-state index in [1.165, 1.54) is 19.2 Å². The maximum atomic E-state index is 14.5. The number of hydrogen-bond acceptors (Lipinski definition) is 5. The van der Waals surface area contributed by atoms with Gasteiger partial charge in [-0.1, -0.05) is 0 Å². The second kappa shape index (κ2) is 9.65. The van der Waals surface area contributed by atoms with Crippen LogP contribution in [-0.4, -0.2) is 48.3 Å². The highest BCUT2D eigenvalue weighted by Gasteiger charge is 2.33. The van der Waals surface area contributed by atoms with E-state index >= 15 is 0 Å². The lowest BCUT2D eigenvalue weighted by molar-refractivity contribution is 0.173. The average molecular weight is 483 g/mol. The van der Waals surface area contributed by atoms with E-state index in [2.05, 4.69) is 10.4 Å². The zero-order valence-corrected chi connectivity index (χ0v) is 19.7. The van der Waals surface area contributed by atoms with E-state index in [0.29, 0.717) is 36.6 Å². The molecule has 2 aliphatic heterocycles. The maximum absolute atomic E-state index is 14.5. The number of carbonyl (C=O) groups excluding carboxylic acids is 1. The second-order valence-electron chi connectivity index (χ2n) is 9.01. The van der Waals surface area contributed by atoms with Crippen molar-refractivity contribution < 1.29 is 23.0 Å². The first-order chi connectivity index (χ1) is 17.0. The number of anilines is 1. The van der Waals surface area contributed by atoms with Crippen molar-refractivity contribution in [3.8, 4) is 22.6 Å². The maximum Gasteiger partial charge on any atom is 0.414 e. The van der Waals surface area contributed by atoms with Crippen LogP contribution in [0, 0.1) is 5.82 Å². The van der Waals surface area contributed by atoms with Crippen LogP contribution in [0.1, 0.15) is 31.4 Å². The molecule has 2 aromatic carbocycles. The molecule has 0 spiro atoms. The number of ether oxygens (including phenoxy) is 2. The standard InChI is InChI=1S/C26H28F2N4O3/c1-16-3-8-21-23(32(16)26(33)34-2)10-9-20(25(21)35-19-6-4-18(27)5-7-19)17-13-30-31(15-17)24-11-12-29-14-22(24)28/h4-7,9-10,13,15-16,22,24,29H,3,8,11-12,14H2,1-2H3/t16-,22-,24-/m0/s1. The van der Waals surface area contributed by atoms with Gasteiger partial charge < -0.3 is 14.8 Å². The number of amides is 1. The molecule has 1 amide bonds. The molecule has 1 aromatic heterocycles. The van der Waals surface area contributed by atoms with Gasteiger partial charge in [0.05, 0.1) is 25.0 Å². The van der Waals surface area contributed by atoms with Crippen LogP contribution in [0.5, 0.6) is 11.5 Å². The van der Waals surface area contributed by atoms with Crippen molar-refractivity contribution >= 4 is 11.8 Å². The highest BCUT2D eigenvalue weighted by Crippen LogP contribution is 2.45. The topological polar surface area (TPSA) is 68.6 Å². The number of carbonyl (C=O) groups is 1. The summed E-state index contributed by atoms with van der Waals surface area (Å²) in [5, 5.41) is 7.53. The van der Waals surface area contributed by atoms with E-state index in [1.54, 1.807) is 27.9 Å². The third-order valence-electron chi connectivity index (χ3n) is 6.78. The molecule has 0 unspecified atom stereocenters. The van der Waals surface area contributed by atoms with Gasteiger partial charge in [0.25, 0.3) is 0 Å². The number of nitrogens with zero attached hydrogens (tertiary/aromatic N) is 3. The molecule has 3 heterocycles. The van der Waals surface area contributed by atoms with Crippen LogP contribution in [0.3, 0.4) is 0 Å². The minimum absolute atomic E-state index is 0.0383. The lowest BCUT2D eigenvalue weighted by Gasteiger charge is -2.35. The van der Waals surface area contributed by atoms with Gasteiger partial charge in [0, 0.05) is 35.5 Å². The lowest BCUT2D eigenvalue weighted by Crippen LogP contribution is -2.42. The molecule has 0 bridgehead atoms. The summed E-state index contributed by atoms with van der Waals surface area (Å²) in [4.78, 5) is 14.2. The van der Waals surface area contributed by atoms with E-state index in [9.17, 15) is 13.6 Å². The summed E-state index contributed by atoms with van der Waals surface area (Å²) in [7, 11) is 1.36. The van der Waals surface area contributed by atoms with Gasteiger partial charge in [-0.2, -0.15) is 5.10 Å². The fourth-order valence-corrected chi connectivity index (χ4v) is 4.91. The number of hydrogen-bond donors (Lipinski definition) is 1. The Labute approximate surface area is 202 Å². The van der Waals surface area contributed by atoms with Crippen molar-refractivity contribution in [2.45, 2.75) is 44.4 Å². The van der Waals surface area contributed by atoms with Gasteiger partial charge in [-0.05, 0) is 69.1 Å². The van der Waals surface area contributed by atoms with Crippen LogP contribution >= 0.6 is 0 Å². The number of rotatable bonds is 4. The van der Waals surface area contributed by atoms with Gasteiger partial charge in [0.15, 0.2) is 0 Å². The molecular formula is C26H28F2N4O3. The van der Waals surface area contributed by atoms with Crippen molar-refractivity contribution in [3.05, 3.63) is 60.2 Å². The van der Waals surface area contributed by atoms with E-state index in [-0.39, 0.29) is 17.9 Å². The zero-order chi connectivity index (χ0) is 24.5. The number of alkyl halides is 1. The van der Waals surface area contributed by atoms with Crippen molar-refractivity contribution in [2.75, 3.05) is 25.1 Å². The van der Waals surface area contributed by atoms with Crippen LogP contribution in [-0.2, 0) is 11.2 Å². The molecule has 184 valence electrons. The molecule has 35 heavy (non-hydrogen) atoms. The Morgan fingerprint density at radius 1 is 1.17 bits per heavy atom. The molecule has 7 nitrogen and oxygen atoms in total. The number of piperidine rings is 1. The largest absolute Gasteiger partial charge is 0.456 e. The zero-order valence-electron chi connectivity index (χ0n) is 19.7. The van der Waals surface area contributed by atoms with Crippen molar-refractivity contribution in [2.24, 2.45) is 0 Å². The van der Waals surface area contributed by atoms with Crippen LogP contribution in [0.2, 0.25) is 0 Å². The number of methoxy groups -OCH3 is 1. The summed E-state index contributed by atoms with van der Waals surface area (Å²) in [6.07, 6.45) is 4.14. The van der Waals surface area contributed by atoms with Gasteiger partial charge >= 0.3 is 6.09 Å². The Balaban J connectivity index is 1.60. The molecule has 1 saturated heterocycles. The van der Waals surface area contributed by atoms with Crippen molar-refractivity contribution in [1.82, 2.24) is 15.1 Å². The molecule has 3 aromatic rings. The first-order valence-corrected chi connectivity index (χ1v) is 11.8. The monoisotopic (exact) mass is 482 g/mol. The fourth-order valence-electron chi connectivity index (χ4n) is 4.91. The van der Waals surface area contributed by atoms with Gasteiger partial charge in [-0.3, -0.25) is 9.58 Å². The Bertz CT molecular complexity index is 1210. The summed E-state index contributed by atoms with van der Waals surface area (Å²) in [6, 6.07) is 9.19. The number of benzene rings is 2. The van der Waals surface area contributed by atoms with E-state index in [4.69, 9.17) is 9.47 Å². The van der Waals surface area contributed by atoms with Crippen LogP contribution in [0.4, 0.5) is 19.3 Å². The third-order valence-corrected chi connectivity index (χ3v) is 6.78. The Morgan fingerprint density at radius 3 is 2.71 bits per heavy atom. The van der Waals surface area contributed by atoms with Crippen molar-refractivity contribution in [3.63, 3.8) is 0 Å². The molecule has 0 radical (unpaired) electrons. The summed E-state index contributed by atoms with van der Waals surface area (Å²) in [6.45, 7) is 3.02. The third kappa shape index (κ3) is 4.48. The second-order valence-corrected chi connectivity index (χ2v) is 9.01. The fraction of sp³-hybridized carbons (Fsp3) is 0.385. The SMILES string of the molecule is COC(=O)N1c2ccc(-c3cnn([C@H]4CCNC[C@@H]4F)c3)c(Oc3ccc(F)cc3)c2CC[C@@H]1C. The molecule has 0 aliphatic carbocycles. The highest BCUT2D eigenvalue weighted by molar-refractivity contribution is 5.92. The first-order valence-electron chi connectivity index (χ1n) is 11.8. The van der Waals surface area contributed by atoms with Gasteiger partial charge in [-0.25, -0.2) is 13.6 Å². The van der Waals surface area contributed by atoms with Crippen LogP contribution in [0.25, 0.3) is 11.1 Å². The minimum Gasteiger partial charge on any atom is -0.456 e. The van der Waals surface area contributed by atoms with Crippen LogP contribution < -0.4 is 15.0 Å². The van der Waals surface area contributed by atoms with E-state index in [0.717, 1.165) is 29.7 Å². The number of halogens is 2. The molecule has 3 atom stereocenters. The number of nitrogens with one attached hydrogen (secondary N) is 1. The number of aromatic nitrogens is 2. The molecule has 1 fully saturated rings. The number of fused-ring (bicyclic) bond motifs is 1. The normalized spacial score (nSPS) is 21.9. The summed E-state index contributed by atoms with van der Waals surface area (Å²) in [5.41, 5.74) is 3.11. The summed E-state index contributed by atoms with van der Waals surface area (Å²) < 4.78 is 41.1. The molecule has 2 aliphatic rings. The predicted molar refractivity (Wildman–Crippen MR) is 128 cm³/mol. The Morgan fingerprint density at radius 2 is 1.97 bits per heavy atom. The summed E-state index contributed by atoms with van der Waals surface area (Å²) in [5.74, 6) is 0.679. The first kappa shape index (κ1) is 23.3.